The fourth-order valence-electron chi connectivity index (χ4n) is 1.67. The molecule has 0 aliphatic carbocycles. The average molecular weight is 286 g/mol. The molecule has 1 heterocycles. The summed E-state index contributed by atoms with van der Waals surface area (Å²) in [6, 6.07) is 3.19. The second kappa shape index (κ2) is 7.42. The van der Waals surface area contributed by atoms with Gasteiger partial charge >= 0.3 is 0 Å². The number of sulfonamides is 1. The topological polar surface area (TPSA) is 97.1 Å². The molecule has 0 aliphatic rings. The zero-order chi connectivity index (χ0) is 14.3. The van der Waals surface area contributed by atoms with Gasteiger partial charge in [-0.15, -0.1) is 0 Å². The quantitative estimate of drug-likeness (QED) is 0.382. The third-order valence-electron chi connectivity index (χ3n) is 2.68. The molecule has 0 aromatic carbocycles. The first-order valence-corrected chi connectivity index (χ1v) is 7.87. The van der Waals surface area contributed by atoms with Crippen LogP contribution in [0.4, 0.5) is 5.69 Å². The van der Waals surface area contributed by atoms with E-state index in [4.69, 9.17) is 5.84 Å². The predicted octanol–water partition coefficient (Wildman–Crippen LogP) is 1.47. The maximum Gasteiger partial charge on any atom is 0.260 e. The Balaban J connectivity index is 2.56. The van der Waals surface area contributed by atoms with Crippen LogP contribution in [0, 0.1) is 5.92 Å². The fraction of sp³-hybridized carbons (Fsp3) is 0.583. The zero-order valence-electron chi connectivity index (χ0n) is 11.4. The minimum Gasteiger partial charge on any atom is -0.321 e. The molecule has 19 heavy (non-hydrogen) atoms. The molecule has 4 N–H and O–H groups in total. The van der Waals surface area contributed by atoms with E-state index in [0.29, 0.717) is 12.5 Å². The molecule has 1 aromatic heterocycles. The van der Waals surface area contributed by atoms with Gasteiger partial charge in [-0.2, -0.15) is 0 Å². The van der Waals surface area contributed by atoms with Gasteiger partial charge in [0.1, 0.15) is 0 Å². The first-order valence-electron chi connectivity index (χ1n) is 6.38. The van der Waals surface area contributed by atoms with Gasteiger partial charge < -0.3 is 5.43 Å². The van der Waals surface area contributed by atoms with Crippen LogP contribution in [0.15, 0.2) is 23.4 Å². The van der Waals surface area contributed by atoms with Gasteiger partial charge in [0.05, 0.1) is 5.69 Å². The molecule has 7 heteroatoms. The number of pyridine rings is 1. The summed E-state index contributed by atoms with van der Waals surface area (Å²) in [5, 5.41) is -0.0682. The predicted molar refractivity (Wildman–Crippen MR) is 75.9 cm³/mol. The van der Waals surface area contributed by atoms with Crippen molar-refractivity contribution in [3.8, 4) is 0 Å². The molecular weight excluding hydrogens is 264 g/mol. The van der Waals surface area contributed by atoms with Crippen LogP contribution in [-0.4, -0.2) is 19.9 Å². The van der Waals surface area contributed by atoms with Crippen LogP contribution < -0.4 is 16.0 Å². The van der Waals surface area contributed by atoms with Crippen molar-refractivity contribution >= 4 is 15.7 Å². The van der Waals surface area contributed by atoms with Crippen molar-refractivity contribution in [1.29, 1.82) is 0 Å². The van der Waals surface area contributed by atoms with Gasteiger partial charge in [0, 0.05) is 12.7 Å². The molecule has 0 atom stereocenters. The molecule has 0 radical (unpaired) electrons. The van der Waals surface area contributed by atoms with E-state index in [9.17, 15) is 8.42 Å². The Labute approximate surface area is 114 Å². The smallest absolute Gasteiger partial charge is 0.260 e. The van der Waals surface area contributed by atoms with E-state index in [1.807, 2.05) is 0 Å². The summed E-state index contributed by atoms with van der Waals surface area (Å²) in [4.78, 5) is 3.86. The standard InChI is InChI=1S/C12H22N4O2S/c1-10(2)6-3-4-9-15-19(17,18)12-11(16-13)7-5-8-14-12/h5,7-8,10,15-16H,3-4,6,9,13H2,1-2H3. The summed E-state index contributed by atoms with van der Waals surface area (Å²) in [5.74, 6) is 5.91. The SMILES string of the molecule is CC(C)CCCCNS(=O)(=O)c1ncccc1NN. The average Bonchev–Trinajstić information content (AvgIpc) is 2.37. The summed E-state index contributed by atoms with van der Waals surface area (Å²) in [5.41, 5.74) is 2.63. The number of aromatic nitrogens is 1. The van der Waals surface area contributed by atoms with Crippen LogP contribution >= 0.6 is 0 Å². The third-order valence-corrected chi connectivity index (χ3v) is 4.10. The number of hydrogen-bond donors (Lipinski definition) is 3. The Morgan fingerprint density at radius 3 is 2.74 bits per heavy atom. The van der Waals surface area contributed by atoms with Crippen molar-refractivity contribution in [3.05, 3.63) is 18.3 Å². The molecule has 1 rings (SSSR count). The number of nitrogens with zero attached hydrogens (tertiary/aromatic N) is 1. The van der Waals surface area contributed by atoms with Gasteiger partial charge in [0.2, 0.25) is 0 Å². The fourth-order valence-corrected chi connectivity index (χ4v) is 2.83. The van der Waals surface area contributed by atoms with E-state index < -0.39 is 10.0 Å². The van der Waals surface area contributed by atoms with Crippen molar-refractivity contribution in [2.75, 3.05) is 12.0 Å². The molecule has 0 spiro atoms. The van der Waals surface area contributed by atoms with Crippen LogP contribution in [0.25, 0.3) is 0 Å². The molecule has 0 saturated heterocycles. The highest BCUT2D eigenvalue weighted by Crippen LogP contribution is 2.16. The van der Waals surface area contributed by atoms with Crippen molar-refractivity contribution in [2.45, 2.75) is 38.1 Å². The minimum atomic E-state index is -3.61. The number of anilines is 1. The first-order chi connectivity index (χ1) is 8.97. The van der Waals surface area contributed by atoms with Gasteiger partial charge in [-0.25, -0.2) is 18.1 Å². The van der Waals surface area contributed by atoms with Gasteiger partial charge in [-0.05, 0) is 24.5 Å². The Bertz CT molecular complexity index is 488. The minimum absolute atomic E-state index is 0.0682. The maximum atomic E-state index is 12.0. The molecule has 1 aromatic rings. The number of unbranched alkanes of at least 4 members (excludes halogenated alkanes) is 1. The van der Waals surface area contributed by atoms with Crippen molar-refractivity contribution in [1.82, 2.24) is 9.71 Å². The first kappa shape index (κ1) is 15.9. The van der Waals surface area contributed by atoms with Crippen LogP contribution in [0.2, 0.25) is 0 Å². The van der Waals surface area contributed by atoms with Crippen molar-refractivity contribution in [2.24, 2.45) is 11.8 Å². The summed E-state index contributed by atoms with van der Waals surface area (Å²) in [6.45, 7) is 4.71. The van der Waals surface area contributed by atoms with E-state index in [1.54, 1.807) is 12.1 Å². The number of hydrogen-bond acceptors (Lipinski definition) is 5. The Morgan fingerprint density at radius 2 is 2.11 bits per heavy atom. The highest BCUT2D eigenvalue weighted by molar-refractivity contribution is 7.89. The maximum absolute atomic E-state index is 12.0. The lowest BCUT2D eigenvalue weighted by atomic mass is 10.1. The van der Waals surface area contributed by atoms with Gasteiger partial charge in [0.25, 0.3) is 10.0 Å². The van der Waals surface area contributed by atoms with E-state index in [-0.39, 0.29) is 10.7 Å². The third kappa shape index (κ3) is 5.14. The molecule has 0 bridgehead atoms. The van der Waals surface area contributed by atoms with Gasteiger partial charge in [-0.3, -0.25) is 5.84 Å². The summed E-state index contributed by atoms with van der Waals surface area (Å²) in [6.07, 6.45) is 4.34. The summed E-state index contributed by atoms with van der Waals surface area (Å²) < 4.78 is 26.6. The molecular formula is C12H22N4O2S. The number of hydrazine groups is 1. The molecule has 0 aliphatic heterocycles. The Hall–Kier alpha value is -1.18. The molecule has 108 valence electrons. The molecule has 0 fully saturated rings. The monoisotopic (exact) mass is 286 g/mol. The van der Waals surface area contributed by atoms with Crippen LogP contribution in [0.5, 0.6) is 0 Å². The van der Waals surface area contributed by atoms with E-state index in [0.717, 1.165) is 19.3 Å². The van der Waals surface area contributed by atoms with Crippen molar-refractivity contribution in [3.63, 3.8) is 0 Å². The molecule has 0 unspecified atom stereocenters. The van der Waals surface area contributed by atoms with E-state index in [1.165, 1.54) is 6.20 Å². The number of nitrogen functional groups attached to an aromatic ring is 1. The Kier molecular flexibility index (Phi) is 6.20. The second-order valence-corrected chi connectivity index (χ2v) is 6.47. The summed E-state index contributed by atoms with van der Waals surface area (Å²) >= 11 is 0. The Morgan fingerprint density at radius 1 is 1.37 bits per heavy atom. The van der Waals surface area contributed by atoms with Gasteiger partial charge in [-0.1, -0.05) is 26.7 Å². The normalized spacial score (nSPS) is 11.8. The molecule has 0 amide bonds. The highest BCUT2D eigenvalue weighted by Gasteiger charge is 2.18. The van der Waals surface area contributed by atoms with Crippen LogP contribution in [-0.2, 0) is 10.0 Å². The number of nitrogens with one attached hydrogen (secondary N) is 2. The summed E-state index contributed by atoms with van der Waals surface area (Å²) in [7, 11) is -3.61. The lowest BCUT2D eigenvalue weighted by Gasteiger charge is -2.10. The van der Waals surface area contributed by atoms with E-state index >= 15 is 0 Å². The number of rotatable bonds is 8. The highest BCUT2D eigenvalue weighted by atomic mass is 32.2. The van der Waals surface area contributed by atoms with Crippen LogP contribution in [0.3, 0.4) is 0 Å². The molecule has 0 saturated carbocycles. The van der Waals surface area contributed by atoms with E-state index in [2.05, 4.69) is 29.0 Å². The zero-order valence-corrected chi connectivity index (χ0v) is 12.2. The second-order valence-electron chi connectivity index (χ2n) is 4.79. The van der Waals surface area contributed by atoms with Crippen LogP contribution in [0.1, 0.15) is 33.1 Å². The lowest BCUT2D eigenvalue weighted by Crippen LogP contribution is -2.27. The lowest BCUT2D eigenvalue weighted by molar-refractivity contribution is 0.530. The number of nitrogens with two attached hydrogens (primary N) is 1. The van der Waals surface area contributed by atoms with Crippen molar-refractivity contribution < 1.29 is 8.42 Å². The largest absolute Gasteiger partial charge is 0.321 e. The van der Waals surface area contributed by atoms with Gasteiger partial charge in [0.15, 0.2) is 5.03 Å². The molecule has 6 nitrogen and oxygen atoms in total.